The van der Waals surface area contributed by atoms with Crippen LogP contribution in [0.5, 0.6) is 0 Å². The van der Waals surface area contributed by atoms with Gasteiger partial charge in [0.15, 0.2) is 0 Å². The molecule has 0 amide bonds. The number of aryl methyl sites for hydroxylation is 1. The van der Waals surface area contributed by atoms with Crippen LogP contribution in [0.4, 0.5) is 0 Å². The quantitative estimate of drug-likeness (QED) is 0.805. The molecular weight excluding hydrogens is 268 g/mol. The van der Waals surface area contributed by atoms with E-state index in [0.717, 1.165) is 30.8 Å². The third kappa shape index (κ3) is 5.25. The summed E-state index contributed by atoms with van der Waals surface area (Å²) in [5.41, 5.74) is 0. The van der Waals surface area contributed by atoms with Gasteiger partial charge in [0.1, 0.15) is 0 Å². The zero-order chi connectivity index (χ0) is 11.3. The van der Waals surface area contributed by atoms with Crippen molar-refractivity contribution >= 4 is 33.6 Å². The van der Waals surface area contributed by atoms with Gasteiger partial charge in [0, 0.05) is 17.3 Å². The van der Waals surface area contributed by atoms with Crippen molar-refractivity contribution in [2.24, 2.45) is 0 Å². The molecule has 94 valence electrons. The lowest BCUT2D eigenvalue weighted by molar-refractivity contribution is 0.601. The van der Waals surface area contributed by atoms with E-state index in [2.05, 4.69) is 17.2 Å². The zero-order valence-electron chi connectivity index (χ0n) is 9.39. The summed E-state index contributed by atoms with van der Waals surface area (Å²) in [5, 5.41) is 3.22. The van der Waals surface area contributed by atoms with Crippen LogP contribution in [0.15, 0.2) is 10.5 Å². The molecule has 7 heteroatoms. The van der Waals surface area contributed by atoms with Crippen LogP contribution in [0.1, 0.15) is 18.2 Å². The molecule has 1 heterocycles. The van der Waals surface area contributed by atoms with Crippen molar-refractivity contribution in [1.29, 1.82) is 0 Å². The number of nitrogens with zero attached hydrogens (tertiary/aromatic N) is 1. The Morgan fingerprint density at radius 3 is 2.69 bits per heavy atom. The fraction of sp³-hybridized carbons (Fsp3) is 0.667. The minimum Gasteiger partial charge on any atom is -0.317 e. The van der Waals surface area contributed by atoms with Gasteiger partial charge >= 0.3 is 0 Å². The number of thiazole rings is 1. The Hall–Kier alpha value is -0.170. The first-order valence-corrected chi connectivity index (χ1v) is 7.60. The van der Waals surface area contributed by atoms with Gasteiger partial charge < -0.3 is 5.32 Å². The minimum absolute atomic E-state index is 0. The summed E-state index contributed by atoms with van der Waals surface area (Å²) in [4.78, 5) is 4.93. The molecule has 0 saturated carbocycles. The average molecular weight is 285 g/mol. The van der Waals surface area contributed by atoms with Crippen LogP contribution in [0.25, 0.3) is 0 Å². The van der Waals surface area contributed by atoms with Crippen molar-refractivity contribution in [2.75, 3.05) is 19.3 Å². The SMILES string of the molecule is CCNCCCc1cnc(S(C)(=O)=O)s1.Cl. The first-order chi connectivity index (χ1) is 7.04. The fourth-order valence-corrected chi connectivity index (χ4v) is 2.99. The summed E-state index contributed by atoms with van der Waals surface area (Å²) in [6.45, 7) is 3.99. The molecule has 0 unspecified atom stereocenters. The van der Waals surface area contributed by atoms with E-state index in [4.69, 9.17) is 0 Å². The maximum Gasteiger partial charge on any atom is 0.209 e. The summed E-state index contributed by atoms with van der Waals surface area (Å²) in [6, 6.07) is 0. The molecule has 1 N–H and O–H groups in total. The maximum absolute atomic E-state index is 11.2. The Morgan fingerprint density at radius 2 is 2.19 bits per heavy atom. The number of aromatic nitrogens is 1. The predicted octanol–water partition coefficient (Wildman–Crippen LogP) is 1.51. The fourth-order valence-electron chi connectivity index (χ4n) is 1.14. The summed E-state index contributed by atoms with van der Waals surface area (Å²) >= 11 is 1.27. The molecule has 1 aromatic heterocycles. The second kappa shape index (κ2) is 7.21. The summed E-state index contributed by atoms with van der Waals surface area (Å²) in [7, 11) is -3.13. The lowest BCUT2D eigenvalue weighted by Crippen LogP contribution is -2.14. The van der Waals surface area contributed by atoms with Gasteiger partial charge in [-0.1, -0.05) is 6.92 Å². The molecule has 0 radical (unpaired) electrons. The van der Waals surface area contributed by atoms with Crippen LogP contribution >= 0.6 is 23.7 Å². The molecule has 0 aromatic carbocycles. The molecule has 0 fully saturated rings. The number of hydrogen-bond acceptors (Lipinski definition) is 5. The molecule has 0 aliphatic heterocycles. The van der Waals surface area contributed by atoms with Gasteiger partial charge in [-0.05, 0) is 25.9 Å². The highest BCUT2D eigenvalue weighted by atomic mass is 35.5. The van der Waals surface area contributed by atoms with Crippen LogP contribution in [-0.4, -0.2) is 32.7 Å². The molecule has 0 aliphatic rings. The van der Waals surface area contributed by atoms with E-state index in [1.807, 2.05) is 0 Å². The third-order valence-corrected chi connectivity index (χ3v) is 4.63. The number of sulfone groups is 1. The van der Waals surface area contributed by atoms with Gasteiger partial charge in [0.2, 0.25) is 14.2 Å². The summed E-state index contributed by atoms with van der Waals surface area (Å²) in [5.74, 6) is 0. The normalized spacial score (nSPS) is 11.1. The van der Waals surface area contributed by atoms with Gasteiger partial charge in [-0.25, -0.2) is 13.4 Å². The monoisotopic (exact) mass is 284 g/mol. The van der Waals surface area contributed by atoms with Gasteiger partial charge in [-0.3, -0.25) is 0 Å². The van der Waals surface area contributed by atoms with Gasteiger partial charge in [0.05, 0.1) is 0 Å². The highest BCUT2D eigenvalue weighted by molar-refractivity contribution is 7.92. The molecule has 0 spiro atoms. The molecule has 0 aliphatic carbocycles. The second-order valence-corrected chi connectivity index (χ2v) is 6.63. The van der Waals surface area contributed by atoms with E-state index in [0.29, 0.717) is 0 Å². The summed E-state index contributed by atoms with van der Waals surface area (Å²) in [6.07, 6.45) is 4.75. The van der Waals surface area contributed by atoms with E-state index in [1.54, 1.807) is 6.20 Å². The molecule has 0 atom stereocenters. The molecule has 1 aromatic rings. The van der Waals surface area contributed by atoms with Gasteiger partial charge in [-0.2, -0.15) is 0 Å². The number of hydrogen-bond donors (Lipinski definition) is 1. The van der Waals surface area contributed by atoms with Crippen LogP contribution in [0.2, 0.25) is 0 Å². The smallest absolute Gasteiger partial charge is 0.209 e. The van der Waals surface area contributed by atoms with Crippen molar-refractivity contribution in [2.45, 2.75) is 24.1 Å². The van der Waals surface area contributed by atoms with E-state index in [-0.39, 0.29) is 16.7 Å². The van der Waals surface area contributed by atoms with Crippen LogP contribution in [-0.2, 0) is 16.3 Å². The lowest BCUT2D eigenvalue weighted by atomic mass is 10.3. The highest BCUT2D eigenvalue weighted by Crippen LogP contribution is 2.18. The molecule has 0 bridgehead atoms. The van der Waals surface area contributed by atoms with E-state index < -0.39 is 9.84 Å². The van der Waals surface area contributed by atoms with Gasteiger partial charge in [-0.15, -0.1) is 23.7 Å². The highest BCUT2D eigenvalue weighted by Gasteiger charge is 2.11. The van der Waals surface area contributed by atoms with Crippen molar-refractivity contribution in [1.82, 2.24) is 10.3 Å². The van der Waals surface area contributed by atoms with E-state index in [9.17, 15) is 8.42 Å². The van der Waals surface area contributed by atoms with Crippen LogP contribution in [0.3, 0.4) is 0 Å². The summed E-state index contributed by atoms with van der Waals surface area (Å²) < 4.78 is 22.5. The number of rotatable bonds is 6. The topological polar surface area (TPSA) is 59.1 Å². The maximum atomic E-state index is 11.2. The van der Waals surface area contributed by atoms with Gasteiger partial charge in [0.25, 0.3) is 0 Å². The second-order valence-electron chi connectivity index (χ2n) is 3.32. The Balaban J connectivity index is 0.00000225. The van der Waals surface area contributed by atoms with Crippen LogP contribution < -0.4 is 5.32 Å². The standard InChI is InChI=1S/C9H16N2O2S2.ClH/c1-3-10-6-4-5-8-7-11-9(14-8)15(2,12)13;/h7,10H,3-6H2,1-2H3;1H. The molecule has 0 saturated heterocycles. The Labute approximate surface area is 107 Å². The largest absolute Gasteiger partial charge is 0.317 e. The third-order valence-electron chi connectivity index (χ3n) is 1.88. The van der Waals surface area contributed by atoms with E-state index in [1.165, 1.54) is 17.6 Å². The molecule has 16 heavy (non-hydrogen) atoms. The van der Waals surface area contributed by atoms with Crippen molar-refractivity contribution in [3.05, 3.63) is 11.1 Å². The Kier molecular flexibility index (Phi) is 7.14. The average Bonchev–Trinajstić information content (AvgIpc) is 2.60. The number of halogens is 1. The first-order valence-electron chi connectivity index (χ1n) is 4.89. The van der Waals surface area contributed by atoms with Crippen molar-refractivity contribution < 1.29 is 8.42 Å². The minimum atomic E-state index is -3.13. The molecule has 1 rings (SSSR count). The Morgan fingerprint density at radius 1 is 1.50 bits per heavy atom. The van der Waals surface area contributed by atoms with Crippen LogP contribution in [0, 0.1) is 0 Å². The van der Waals surface area contributed by atoms with Crippen molar-refractivity contribution in [3.63, 3.8) is 0 Å². The first kappa shape index (κ1) is 15.8. The Bertz CT molecular complexity index is 403. The molecular formula is C9H17ClN2O2S2. The van der Waals surface area contributed by atoms with Crippen molar-refractivity contribution in [3.8, 4) is 0 Å². The predicted molar refractivity (Wildman–Crippen MR) is 69.3 cm³/mol. The molecule has 4 nitrogen and oxygen atoms in total. The lowest BCUT2D eigenvalue weighted by Gasteiger charge is -1.98. The zero-order valence-corrected chi connectivity index (χ0v) is 11.8. The van der Waals surface area contributed by atoms with E-state index >= 15 is 0 Å². The number of nitrogens with one attached hydrogen (secondary N) is 1.